The zero-order valence-corrected chi connectivity index (χ0v) is 13.3. The summed E-state index contributed by atoms with van der Waals surface area (Å²) < 4.78 is 25.3. The number of aromatic nitrogens is 3. The molecule has 2 aromatic heterocycles. The first-order valence-electron chi connectivity index (χ1n) is 5.10. The molecule has 0 aromatic carbocycles. The number of hydrogen-bond acceptors (Lipinski definition) is 6. The predicted molar refractivity (Wildman–Crippen MR) is 71.4 cm³/mol. The van der Waals surface area contributed by atoms with Gasteiger partial charge in [-0.2, -0.15) is 8.42 Å². The van der Waals surface area contributed by atoms with Crippen LogP contribution in [0, 0.1) is 0 Å². The molecular weight excluding hydrogens is 293 g/mol. The van der Waals surface area contributed by atoms with Crippen LogP contribution in [0.15, 0.2) is 47.9 Å². The third kappa shape index (κ3) is 4.53. The van der Waals surface area contributed by atoms with Crippen molar-refractivity contribution < 1.29 is 13.2 Å². The molecule has 2 amide bonds. The van der Waals surface area contributed by atoms with Gasteiger partial charge in [0.05, 0.1) is 0 Å². The Morgan fingerprint density at radius 1 is 1.00 bits per heavy atom. The van der Waals surface area contributed by atoms with E-state index in [1.807, 2.05) is 0 Å². The van der Waals surface area contributed by atoms with E-state index in [0.29, 0.717) is 0 Å². The third-order valence-corrected chi connectivity index (χ3v) is 3.18. The van der Waals surface area contributed by atoms with Crippen molar-refractivity contribution in [1.29, 1.82) is 0 Å². The zero-order valence-electron chi connectivity index (χ0n) is 10.5. The molecule has 0 unspecified atom stereocenters. The van der Waals surface area contributed by atoms with Crippen LogP contribution < -0.4 is 10.0 Å². The van der Waals surface area contributed by atoms with Gasteiger partial charge in [0, 0.05) is 48.1 Å². The molecule has 0 spiro atoms. The van der Waals surface area contributed by atoms with Gasteiger partial charge in [0.25, 0.3) is 10.0 Å². The Labute approximate surface area is 137 Å². The topological polar surface area (TPSA) is 114 Å². The second kappa shape index (κ2) is 7.29. The normalized spacial score (nSPS) is 10.2. The number of carbonyl (C=O) groups excluding carboxylic acids is 1. The summed E-state index contributed by atoms with van der Waals surface area (Å²) in [6.45, 7) is 0. The van der Waals surface area contributed by atoms with Crippen LogP contribution in [0.25, 0.3) is 0 Å². The SMILES string of the molecule is O=C(Nc1ncccn1)NS(=O)(=O)c1ccccn1.[Na]. The van der Waals surface area contributed by atoms with E-state index >= 15 is 0 Å². The van der Waals surface area contributed by atoms with E-state index in [9.17, 15) is 13.2 Å². The Bertz CT molecular complexity index is 666. The smallest absolute Gasteiger partial charge is 0.275 e. The van der Waals surface area contributed by atoms with Gasteiger partial charge in [-0.15, -0.1) is 0 Å². The summed E-state index contributed by atoms with van der Waals surface area (Å²) in [6, 6.07) is 4.94. The van der Waals surface area contributed by atoms with Gasteiger partial charge in [0.1, 0.15) is 0 Å². The molecule has 1 radical (unpaired) electrons. The molecular formula is C10H9N5NaO3S. The van der Waals surface area contributed by atoms with E-state index in [1.54, 1.807) is 16.9 Å². The van der Waals surface area contributed by atoms with Crippen molar-refractivity contribution in [3.05, 3.63) is 42.9 Å². The molecule has 0 bridgehead atoms. The van der Waals surface area contributed by atoms with Crippen molar-refractivity contribution in [1.82, 2.24) is 19.7 Å². The van der Waals surface area contributed by atoms with Crippen LogP contribution in [0.1, 0.15) is 0 Å². The minimum Gasteiger partial charge on any atom is -0.275 e. The Balaban J connectivity index is 0.00000200. The fraction of sp³-hybridized carbons (Fsp3) is 0. The minimum absolute atomic E-state index is 0. The monoisotopic (exact) mass is 302 g/mol. The third-order valence-electron chi connectivity index (χ3n) is 1.93. The summed E-state index contributed by atoms with van der Waals surface area (Å²) in [4.78, 5) is 22.6. The number of rotatable bonds is 3. The molecule has 99 valence electrons. The number of sulfonamides is 1. The second-order valence-corrected chi connectivity index (χ2v) is 4.93. The van der Waals surface area contributed by atoms with E-state index in [1.165, 1.54) is 30.7 Å². The van der Waals surface area contributed by atoms with Gasteiger partial charge in [-0.1, -0.05) is 6.07 Å². The summed E-state index contributed by atoms with van der Waals surface area (Å²) in [5.74, 6) is -0.00350. The van der Waals surface area contributed by atoms with Crippen molar-refractivity contribution in [2.75, 3.05) is 5.32 Å². The zero-order chi connectivity index (χ0) is 13.7. The summed E-state index contributed by atoms with van der Waals surface area (Å²) in [5.41, 5.74) is 0. The Hall–Kier alpha value is -1.55. The van der Waals surface area contributed by atoms with Crippen LogP contribution in [0.2, 0.25) is 0 Å². The molecule has 0 aliphatic carbocycles. The van der Waals surface area contributed by atoms with Crippen LogP contribution in [0.5, 0.6) is 0 Å². The number of amides is 2. The summed E-state index contributed by atoms with van der Waals surface area (Å²) in [7, 11) is -4.01. The summed E-state index contributed by atoms with van der Waals surface area (Å²) in [5, 5.41) is 1.94. The summed E-state index contributed by atoms with van der Waals surface area (Å²) >= 11 is 0. The first-order chi connectivity index (χ1) is 9.08. The number of urea groups is 1. The molecule has 2 N–H and O–H groups in total. The molecule has 0 fully saturated rings. The van der Waals surface area contributed by atoms with Gasteiger partial charge in [0.15, 0.2) is 5.03 Å². The van der Waals surface area contributed by atoms with Crippen molar-refractivity contribution in [2.24, 2.45) is 0 Å². The van der Waals surface area contributed by atoms with Crippen molar-refractivity contribution in [2.45, 2.75) is 5.03 Å². The first kappa shape index (κ1) is 16.5. The van der Waals surface area contributed by atoms with Crippen LogP contribution in [-0.4, -0.2) is 59.0 Å². The number of anilines is 1. The number of nitrogens with one attached hydrogen (secondary N) is 2. The van der Waals surface area contributed by atoms with Gasteiger partial charge in [-0.25, -0.2) is 24.5 Å². The Morgan fingerprint density at radius 2 is 1.65 bits per heavy atom. The molecule has 2 heterocycles. The molecule has 2 rings (SSSR count). The molecule has 0 aliphatic heterocycles. The van der Waals surface area contributed by atoms with Crippen LogP contribution in [-0.2, 0) is 10.0 Å². The number of hydrogen-bond donors (Lipinski definition) is 2. The van der Waals surface area contributed by atoms with Crippen LogP contribution >= 0.6 is 0 Å². The van der Waals surface area contributed by atoms with E-state index < -0.39 is 16.1 Å². The van der Waals surface area contributed by atoms with Gasteiger partial charge in [-0.05, 0) is 18.2 Å². The summed E-state index contributed by atoms with van der Waals surface area (Å²) in [6.07, 6.45) is 4.14. The first-order valence-corrected chi connectivity index (χ1v) is 6.58. The predicted octanol–water partition coefficient (Wildman–Crippen LogP) is 0.00120. The Kier molecular flexibility index (Phi) is 6.02. The van der Waals surface area contributed by atoms with E-state index in [4.69, 9.17) is 0 Å². The van der Waals surface area contributed by atoms with Gasteiger partial charge < -0.3 is 0 Å². The Morgan fingerprint density at radius 3 is 2.25 bits per heavy atom. The molecule has 20 heavy (non-hydrogen) atoms. The van der Waals surface area contributed by atoms with Crippen LogP contribution in [0.3, 0.4) is 0 Å². The fourth-order valence-corrected chi connectivity index (χ4v) is 2.03. The standard InChI is InChI=1S/C10H9N5O3S.Na/c16-10(14-9-12-6-3-7-13-9)15-19(17,18)8-4-1-2-5-11-8;/h1-7H,(H2,12,13,14,15,16);. The van der Waals surface area contributed by atoms with Crippen molar-refractivity contribution >= 4 is 51.6 Å². The molecule has 10 heteroatoms. The number of nitrogens with zero attached hydrogens (tertiary/aromatic N) is 3. The van der Waals surface area contributed by atoms with Gasteiger partial charge >= 0.3 is 6.03 Å². The average molecular weight is 302 g/mol. The maximum atomic E-state index is 11.8. The van der Waals surface area contributed by atoms with Gasteiger partial charge in [-0.3, -0.25) is 5.32 Å². The molecule has 2 aromatic rings. The number of carbonyl (C=O) groups is 1. The second-order valence-electron chi connectivity index (χ2n) is 3.30. The van der Waals surface area contributed by atoms with E-state index in [-0.39, 0.29) is 40.5 Å². The van der Waals surface area contributed by atoms with Crippen LogP contribution in [0.4, 0.5) is 10.7 Å². The fourth-order valence-electron chi connectivity index (χ4n) is 1.17. The molecule has 0 aliphatic rings. The maximum Gasteiger partial charge on any atom is 0.335 e. The number of pyridine rings is 1. The minimum atomic E-state index is -4.01. The largest absolute Gasteiger partial charge is 0.335 e. The maximum absolute atomic E-state index is 11.8. The van der Waals surface area contributed by atoms with Gasteiger partial charge in [0.2, 0.25) is 5.95 Å². The average Bonchev–Trinajstić information content (AvgIpc) is 2.40. The van der Waals surface area contributed by atoms with E-state index in [0.717, 1.165) is 0 Å². The quantitative estimate of drug-likeness (QED) is 0.771. The molecule has 0 atom stereocenters. The molecule has 0 saturated carbocycles. The van der Waals surface area contributed by atoms with Crippen molar-refractivity contribution in [3.8, 4) is 0 Å². The molecule has 8 nitrogen and oxygen atoms in total. The van der Waals surface area contributed by atoms with E-state index in [2.05, 4.69) is 20.3 Å². The van der Waals surface area contributed by atoms with Crippen molar-refractivity contribution in [3.63, 3.8) is 0 Å². The molecule has 0 saturated heterocycles.